The number of aromatic nitrogens is 1. The topological polar surface area (TPSA) is 38.1 Å². The van der Waals surface area contributed by atoms with Gasteiger partial charge in [-0.3, -0.25) is 0 Å². The van der Waals surface area contributed by atoms with E-state index in [1.807, 2.05) is 0 Å². The number of halogens is 2. The SMILES string of the molecule is Fc1cc2nc(C3CCCN3)oc2cc1F. The molecular weight excluding hydrogens is 214 g/mol. The molecule has 1 aromatic carbocycles. The van der Waals surface area contributed by atoms with Crippen molar-refractivity contribution in [1.29, 1.82) is 0 Å². The van der Waals surface area contributed by atoms with E-state index in [-0.39, 0.29) is 6.04 Å². The molecule has 0 radical (unpaired) electrons. The summed E-state index contributed by atoms with van der Waals surface area (Å²) in [6.45, 7) is 0.923. The van der Waals surface area contributed by atoms with Crippen molar-refractivity contribution < 1.29 is 13.2 Å². The highest BCUT2D eigenvalue weighted by Gasteiger charge is 2.22. The molecule has 84 valence electrons. The zero-order chi connectivity index (χ0) is 11.1. The first-order chi connectivity index (χ1) is 7.74. The number of rotatable bonds is 1. The summed E-state index contributed by atoms with van der Waals surface area (Å²) in [5, 5.41) is 3.22. The molecule has 2 heterocycles. The van der Waals surface area contributed by atoms with E-state index in [4.69, 9.17) is 4.42 Å². The summed E-state index contributed by atoms with van der Waals surface area (Å²) >= 11 is 0. The van der Waals surface area contributed by atoms with Crippen molar-refractivity contribution in [2.45, 2.75) is 18.9 Å². The Morgan fingerprint density at radius 2 is 2.12 bits per heavy atom. The molecule has 0 amide bonds. The molecule has 1 fully saturated rings. The van der Waals surface area contributed by atoms with Gasteiger partial charge in [-0.25, -0.2) is 13.8 Å². The highest BCUT2D eigenvalue weighted by atomic mass is 19.2. The molecule has 2 aromatic rings. The summed E-state index contributed by atoms with van der Waals surface area (Å²) < 4.78 is 31.3. The molecule has 1 unspecified atom stereocenters. The van der Waals surface area contributed by atoms with E-state index in [0.29, 0.717) is 17.0 Å². The standard InChI is InChI=1S/C11H10F2N2O/c12-6-4-9-10(5-7(6)13)16-11(15-9)8-2-1-3-14-8/h4-5,8,14H,1-3H2. The Kier molecular flexibility index (Phi) is 2.14. The molecule has 0 saturated carbocycles. The van der Waals surface area contributed by atoms with Gasteiger partial charge in [0.05, 0.1) is 6.04 Å². The highest BCUT2D eigenvalue weighted by Crippen LogP contribution is 2.27. The predicted molar refractivity (Wildman–Crippen MR) is 53.9 cm³/mol. The van der Waals surface area contributed by atoms with Gasteiger partial charge in [0.1, 0.15) is 5.52 Å². The van der Waals surface area contributed by atoms with Crippen LogP contribution < -0.4 is 5.32 Å². The van der Waals surface area contributed by atoms with Gasteiger partial charge < -0.3 is 9.73 Å². The lowest BCUT2D eigenvalue weighted by molar-refractivity contribution is 0.449. The van der Waals surface area contributed by atoms with Crippen molar-refractivity contribution in [2.24, 2.45) is 0 Å². The van der Waals surface area contributed by atoms with E-state index in [2.05, 4.69) is 10.3 Å². The number of hydrogen-bond acceptors (Lipinski definition) is 3. The average molecular weight is 224 g/mol. The lowest BCUT2D eigenvalue weighted by Crippen LogP contribution is -2.12. The van der Waals surface area contributed by atoms with Gasteiger partial charge in [0.2, 0.25) is 5.89 Å². The molecule has 1 saturated heterocycles. The molecule has 0 aliphatic carbocycles. The molecule has 5 heteroatoms. The Morgan fingerprint density at radius 1 is 1.31 bits per heavy atom. The van der Waals surface area contributed by atoms with Gasteiger partial charge >= 0.3 is 0 Å². The molecule has 3 nitrogen and oxygen atoms in total. The van der Waals surface area contributed by atoms with E-state index >= 15 is 0 Å². The van der Waals surface area contributed by atoms with Crippen LogP contribution in [-0.4, -0.2) is 11.5 Å². The van der Waals surface area contributed by atoms with Gasteiger partial charge in [-0.1, -0.05) is 0 Å². The van der Waals surface area contributed by atoms with Crippen molar-refractivity contribution in [1.82, 2.24) is 10.3 Å². The molecule has 3 rings (SSSR count). The third-order valence-electron chi connectivity index (χ3n) is 2.81. The Bertz CT molecular complexity index is 493. The second-order valence-electron chi connectivity index (χ2n) is 3.94. The Balaban J connectivity index is 2.08. The summed E-state index contributed by atoms with van der Waals surface area (Å²) in [6, 6.07) is 2.17. The van der Waals surface area contributed by atoms with Crippen LogP contribution in [0.15, 0.2) is 16.5 Å². The Labute approximate surface area is 90.5 Å². The van der Waals surface area contributed by atoms with Crippen molar-refractivity contribution >= 4 is 11.1 Å². The van der Waals surface area contributed by atoms with Gasteiger partial charge in [0, 0.05) is 12.1 Å². The summed E-state index contributed by atoms with van der Waals surface area (Å²) in [5.74, 6) is -1.29. The molecule has 1 aromatic heterocycles. The van der Waals surface area contributed by atoms with Crippen LogP contribution >= 0.6 is 0 Å². The average Bonchev–Trinajstić information content (AvgIpc) is 2.86. The number of nitrogens with zero attached hydrogens (tertiary/aromatic N) is 1. The van der Waals surface area contributed by atoms with Gasteiger partial charge in [-0.05, 0) is 19.4 Å². The normalized spacial score (nSPS) is 20.8. The summed E-state index contributed by atoms with van der Waals surface area (Å²) in [7, 11) is 0. The minimum Gasteiger partial charge on any atom is -0.439 e. The molecule has 1 atom stereocenters. The molecular formula is C11H10F2N2O. The van der Waals surface area contributed by atoms with Crippen LogP contribution in [0.25, 0.3) is 11.1 Å². The van der Waals surface area contributed by atoms with Crippen LogP contribution in [0.2, 0.25) is 0 Å². The van der Waals surface area contributed by atoms with Gasteiger partial charge in [-0.15, -0.1) is 0 Å². The van der Waals surface area contributed by atoms with Crippen molar-refractivity contribution in [3.63, 3.8) is 0 Å². The first-order valence-corrected chi connectivity index (χ1v) is 5.23. The maximum atomic E-state index is 13.0. The summed E-state index contributed by atoms with van der Waals surface area (Å²) in [6.07, 6.45) is 2.00. The van der Waals surface area contributed by atoms with Crippen LogP contribution in [0.3, 0.4) is 0 Å². The van der Waals surface area contributed by atoms with Crippen molar-refractivity contribution in [3.8, 4) is 0 Å². The lowest BCUT2D eigenvalue weighted by atomic mass is 10.2. The second kappa shape index (κ2) is 3.52. The summed E-state index contributed by atoms with van der Waals surface area (Å²) in [5.41, 5.74) is 0.658. The van der Waals surface area contributed by atoms with Crippen LogP contribution in [-0.2, 0) is 0 Å². The largest absolute Gasteiger partial charge is 0.439 e. The Hall–Kier alpha value is -1.49. The van der Waals surface area contributed by atoms with Gasteiger partial charge in [0.15, 0.2) is 17.2 Å². The van der Waals surface area contributed by atoms with Crippen molar-refractivity contribution in [2.75, 3.05) is 6.54 Å². The number of hydrogen-bond donors (Lipinski definition) is 1. The number of oxazole rings is 1. The first-order valence-electron chi connectivity index (χ1n) is 5.23. The van der Waals surface area contributed by atoms with Gasteiger partial charge in [0.25, 0.3) is 0 Å². The molecule has 0 bridgehead atoms. The maximum Gasteiger partial charge on any atom is 0.212 e. The van der Waals surface area contributed by atoms with E-state index < -0.39 is 11.6 Å². The fourth-order valence-corrected chi connectivity index (χ4v) is 1.99. The smallest absolute Gasteiger partial charge is 0.212 e. The zero-order valence-corrected chi connectivity index (χ0v) is 8.46. The molecule has 1 aliphatic heterocycles. The quantitative estimate of drug-likeness (QED) is 0.808. The Morgan fingerprint density at radius 3 is 2.88 bits per heavy atom. The zero-order valence-electron chi connectivity index (χ0n) is 8.46. The minimum atomic E-state index is -0.908. The third-order valence-corrected chi connectivity index (χ3v) is 2.81. The molecule has 1 aliphatic rings. The molecule has 1 N–H and O–H groups in total. The van der Waals surface area contributed by atoms with E-state index in [0.717, 1.165) is 31.5 Å². The summed E-state index contributed by atoms with van der Waals surface area (Å²) in [4.78, 5) is 4.16. The fraction of sp³-hybridized carbons (Fsp3) is 0.364. The van der Waals surface area contributed by atoms with Crippen LogP contribution in [0.1, 0.15) is 24.8 Å². The second-order valence-corrected chi connectivity index (χ2v) is 3.94. The lowest BCUT2D eigenvalue weighted by Gasteiger charge is -2.02. The first kappa shape index (κ1) is 9.72. The monoisotopic (exact) mass is 224 g/mol. The maximum absolute atomic E-state index is 13.0. The van der Waals surface area contributed by atoms with Crippen LogP contribution in [0, 0.1) is 11.6 Å². The number of fused-ring (bicyclic) bond motifs is 1. The van der Waals surface area contributed by atoms with E-state index in [1.165, 1.54) is 0 Å². The molecule has 0 spiro atoms. The minimum absolute atomic E-state index is 0.0681. The van der Waals surface area contributed by atoms with E-state index in [1.54, 1.807) is 0 Å². The van der Waals surface area contributed by atoms with Gasteiger partial charge in [-0.2, -0.15) is 0 Å². The van der Waals surface area contributed by atoms with E-state index in [9.17, 15) is 8.78 Å². The predicted octanol–water partition coefficient (Wildman–Crippen LogP) is 2.53. The molecule has 16 heavy (non-hydrogen) atoms. The highest BCUT2D eigenvalue weighted by molar-refractivity contribution is 5.72. The van der Waals surface area contributed by atoms with Crippen LogP contribution in [0.4, 0.5) is 8.78 Å². The number of benzene rings is 1. The third kappa shape index (κ3) is 1.48. The van der Waals surface area contributed by atoms with Crippen molar-refractivity contribution in [3.05, 3.63) is 29.7 Å². The fourth-order valence-electron chi connectivity index (χ4n) is 1.99. The van der Waals surface area contributed by atoms with Crippen LogP contribution in [0.5, 0.6) is 0 Å². The number of nitrogens with one attached hydrogen (secondary N) is 1.